The van der Waals surface area contributed by atoms with Gasteiger partial charge in [-0.2, -0.15) is 0 Å². The van der Waals surface area contributed by atoms with Crippen molar-refractivity contribution in [1.82, 2.24) is 15.5 Å². The molecule has 0 spiro atoms. The number of amides is 2. The number of carbonyl (C=O) groups is 2. The minimum absolute atomic E-state index is 0.0270. The Morgan fingerprint density at radius 3 is 3.06 bits per heavy atom. The Hall–Kier alpha value is -1.10. The molecule has 2 aliphatic heterocycles. The number of hydrogen-bond donors (Lipinski definition) is 2. The molecular formula is C12H21N3O2. The number of rotatable bonds is 3. The second kappa shape index (κ2) is 5.49. The topological polar surface area (TPSA) is 61.4 Å². The molecule has 0 aliphatic carbocycles. The average Bonchev–Trinajstić information content (AvgIpc) is 2.68. The molecule has 0 aromatic rings. The van der Waals surface area contributed by atoms with E-state index in [2.05, 4.69) is 17.6 Å². The van der Waals surface area contributed by atoms with Gasteiger partial charge >= 0.3 is 0 Å². The smallest absolute Gasteiger partial charge is 0.239 e. The summed E-state index contributed by atoms with van der Waals surface area (Å²) >= 11 is 0. The van der Waals surface area contributed by atoms with E-state index in [1.807, 2.05) is 0 Å². The fourth-order valence-electron chi connectivity index (χ4n) is 2.48. The number of carbonyl (C=O) groups excluding carboxylic acids is 2. The van der Waals surface area contributed by atoms with Gasteiger partial charge in [0.25, 0.3) is 0 Å². The minimum atomic E-state index is -0.0270. The quantitative estimate of drug-likeness (QED) is 0.712. The lowest BCUT2D eigenvalue weighted by Gasteiger charge is -2.30. The molecule has 2 atom stereocenters. The maximum Gasteiger partial charge on any atom is 0.239 e. The first-order valence-corrected chi connectivity index (χ1v) is 6.44. The van der Waals surface area contributed by atoms with Crippen LogP contribution in [-0.2, 0) is 9.59 Å². The van der Waals surface area contributed by atoms with E-state index >= 15 is 0 Å². The number of nitrogens with one attached hydrogen (secondary N) is 2. The molecule has 2 heterocycles. The molecule has 2 saturated heterocycles. The summed E-state index contributed by atoms with van der Waals surface area (Å²) < 4.78 is 0. The molecule has 17 heavy (non-hydrogen) atoms. The zero-order chi connectivity index (χ0) is 12.3. The molecule has 5 nitrogen and oxygen atoms in total. The SMILES string of the molecule is CC1CCNCC1NC(=O)CN1CCCC1=O. The first-order chi connectivity index (χ1) is 8.16. The van der Waals surface area contributed by atoms with E-state index in [-0.39, 0.29) is 24.4 Å². The van der Waals surface area contributed by atoms with Crippen molar-refractivity contribution < 1.29 is 9.59 Å². The molecule has 0 radical (unpaired) electrons. The molecule has 0 saturated carbocycles. The van der Waals surface area contributed by atoms with Crippen molar-refractivity contribution in [3.63, 3.8) is 0 Å². The van der Waals surface area contributed by atoms with E-state index in [4.69, 9.17) is 0 Å². The molecule has 0 bridgehead atoms. The summed E-state index contributed by atoms with van der Waals surface area (Å²) in [7, 11) is 0. The Bertz CT molecular complexity index is 306. The highest BCUT2D eigenvalue weighted by atomic mass is 16.2. The van der Waals surface area contributed by atoms with Crippen molar-refractivity contribution in [2.24, 2.45) is 5.92 Å². The van der Waals surface area contributed by atoms with Crippen LogP contribution in [0.3, 0.4) is 0 Å². The van der Waals surface area contributed by atoms with E-state index < -0.39 is 0 Å². The molecular weight excluding hydrogens is 218 g/mol. The Kier molecular flexibility index (Phi) is 3.99. The van der Waals surface area contributed by atoms with Crippen LogP contribution in [0.2, 0.25) is 0 Å². The third-order valence-corrected chi connectivity index (χ3v) is 3.68. The van der Waals surface area contributed by atoms with Gasteiger partial charge in [0.2, 0.25) is 11.8 Å². The third-order valence-electron chi connectivity index (χ3n) is 3.68. The highest BCUT2D eigenvalue weighted by Crippen LogP contribution is 2.12. The van der Waals surface area contributed by atoms with Crippen molar-refractivity contribution >= 4 is 11.8 Å². The molecule has 0 aromatic carbocycles. The first-order valence-electron chi connectivity index (χ1n) is 6.44. The van der Waals surface area contributed by atoms with E-state index in [0.29, 0.717) is 12.3 Å². The van der Waals surface area contributed by atoms with E-state index in [9.17, 15) is 9.59 Å². The lowest BCUT2D eigenvalue weighted by molar-refractivity contribution is -0.133. The fourth-order valence-corrected chi connectivity index (χ4v) is 2.48. The van der Waals surface area contributed by atoms with Crippen LogP contribution >= 0.6 is 0 Å². The summed E-state index contributed by atoms with van der Waals surface area (Å²) in [4.78, 5) is 24.9. The largest absolute Gasteiger partial charge is 0.350 e. The molecule has 0 aromatic heterocycles. The van der Waals surface area contributed by atoms with E-state index in [1.54, 1.807) is 4.90 Å². The second-order valence-corrected chi connectivity index (χ2v) is 5.06. The van der Waals surface area contributed by atoms with Gasteiger partial charge in [0, 0.05) is 25.6 Å². The lowest BCUT2D eigenvalue weighted by Crippen LogP contribution is -2.52. The average molecular weight is 239 g/mol. The Morgan fingerprint density at radius 2 is 2.41 bits per heavy atom. The molecule has 2 fully saturated rings. The predicted molar refractivity (Wildman–Crippen MR) is 64.4 cm³/mol. The predicted octanol–water partition coefficient (Wildman–Crippen LogP) is -0.277. The molecule has 96 valence electrons. The van der Waals surface area contributed by atoms with Crippen molar-refractivity contribution in [3.8, 4) is 0 Å². The van der Waals surface area contributed by atoms with Crippen LogP contribution in [0.15, 0.2) is 0 Å². The zero-order valence-corrected chi connectivity index (χ0v) is 10.4. The Labute approximate surface area is 102 Å². The lowest BCUT2D eigenvalue weighted by atomic mass is 9.95. The molecule has 2 unspecified atom stereocenters. The molecule has 5 heteroatoms. The maximum atomic E-state index is 11.8. The van der Waals surface area contributed by atoms with Gasteiger partial charge in [-0.25, -0.2) is 0 Å². The normalized spacial score (nSPS) is 29.5. The molecule has 2 amide bonds. The van der Waals surface area contributed by atoms with Gasteiger partial charge in [-0.3, -0.25) is 9.59 Å². The fraction of sp³-hybridized carbons (Fsp3) is 0.833. The van der Waals surface area contributed by atoms with Gasteiger partial charge < -0.3 is 15.5 Å². The van der Waals surface area contributed by atoms with Gasteiger partial charge in [0.15, 0.2) is 0 Å². The third kappa shape index (κ3) is 3.19. The maximum absolute atomic E-state index is 11.8. The van der Waals surface area contributed by atoms with Crippen LogP contribution < -0.4 is 10.6 Å². The molecule has 2 aliphatic rings. The highest BCUT2D eigenvalue weighted by Gasteiger charge is 2.26. The van der Waals surface area contributed by atoms with Crippen molar-refractivity contribution in [2.75, 3.05) is 26.2 Å². The van der Waals surface area contributed by atoms with Crippen LogP contribution in [0.25, 0.3) is 0 Å². The van der Waals surface area contributed by atoms with Crippen LogP contribution in [0.4, 0.5) is 0 Å². The van der Waals surface area contributed by atoms with E-state index in [1.165, 1.54) is 0 Å². The minimum Gasteiger partial charge on any atom is -0.350 e. The van der Waals surface area contributed by atoms with Crippen molar-refractivity contribution in [2.45, 2.75) is 32.2 Å². The number of piperidine rings is 1. The summed E-state index contributed by atoms with van der Waals surface area (Å²) in [5, 5.41) is 6.30. The first kappa shape index (κ1) is 12.4. The van der Waals surface area contributed by atoms with Gasteiger partial charge in [-0.15, -0.1) is 0 Å². The summed E-state index contributed by atoms with van der Waals surface area (Å²) in [6.45, 7) is 4.97. The Morgan fingerprint density at radius 1 is 1.59 bits per heavy atom. The second-order valence-electron chi connectivity index (χ2n) is 5.06. The number of nitrogens with zero attached hydrogens (tertiary/aromatic N) is 1. The van der Waals surface area contributed by atoms with Crippen molar-refractivity contribution in [3.05, 3.63) is 0 Å². The number of hydrogen-bond acceptors (Lipinski definition) is 3. The highest BCUT2D eigenvalue weighted by molar-refractivity contribution is 5.85. The summed E-state index contributed by atoms with van der Waals surface area (Å²) in [6.07, 6.45) is 2.57. The molecule has 2 rings (SSSR count). The van der Waals surface area contributed by atoms with Gasteiger partial charge in [-0.1, -0.05) is 6.92 Å². The van der Waals surface area contributed by atoms with Crippen LogP contribution in [0.5, 0.6) is 0 Å². The number of likely N-dealkylation sites (tertiary alicyclic amines) is 1. The zero-order valence-electron chi connectivity index (χ0n) is 10.4. The van der Waals surface area contributed by atoms with Crippen molar-refractivity contribution in [1.29, 1.82) is 0 Å². The van der Waals surface area contributed by atoms with Crippen LogP contribution in [0.1, 0.15) is 26.2 Å². The monoisotopic (exact) mass is 239 g/mol. The molecule has 2 N–H and O–H groups in total. The van der Waals surface area contributed by atoms with Crippen LogP contribution in [0, 0.1) is 5.92 Å². The summed E-state index contributed by atoms with van der Waals surface area (Å²) in [6, 6.07) is 0.203. The Balaban J connectivity index is 1.78. The van der Waals surface area contributed by atoms with Gasteiger partial charge in [0.1, 0.15) is 0 Å². The van der Waals surface area contributed by atoms with Gasteiger partial charge in [0.05, 0.1) is 6.54 Å². The summed E-state index contributed by atoms with van der Waals surface area (Å²) in [5.74, 6) is 0.588. The standard InChI is InChI=1S/C12H21N3O2/c1-9-4-5-13-7-10(9)14-11(16)8-15-6-2-3-12(15)17/h9-10,13H,2-8H2,1H3,(H,14,16). The van der Waals surface area contributed by atoms with Gasteiger partial charge in [-0.05, 0) is 25.3 Å². The van der Waals surface area contributed by atoms with Crippen LogP contribution in [-0.4, -0.2) is 48.9 Å². The van der Waals surface area contributed by atoms with E-state index in [0.717, 1.165) is 32.5 Å². The summed E-state index contributed by atoms with van der Waals surface area (Å²) in [5.41, 5.74) is 0.